The molecule has 1 rings (SSSR count). The lowest BCUT2D eigenvalue weighted by Gasteiger charge is -2.12. The molecule has 0 heterocycles. The normalized spacial score (nSPS) is 13.2. The molecule has 0 radical (unpaired) electrons. The molecule has 6 heteroatoms. The molecular formula is C11H14O5S. The van der Waals surface area contributed by atoms with Crippen molar-refractivity contribution in [3.63, 3.8) is 0 Å². The van der Waals surface area contributed by atoms with Crippen molar-refractivity contribution in [3.8, 4) is 0 Å². The fraction of sp³-hybridized carbons (Fsp3) is 0.364. The molecule has 0 fully saturated rings. The average molecular weight is 258 g/mol. The number of hydrogen-bond acceptors (Lipinski definition) is 5. The van der Waals surface area contributed by atoms with Crippen LogP contribution in [0.1, 0.15) is 17.2 Å². The van der Waals surface area contributed by atoms with Gasteiger partial charge in [0, 0.05) is 6.26 Å². The largest absolute Gasteiger partial charge is 0.467 e. The van der Waals surface area contributed by atoms with Crippen molar-refractivity contribution in [1.82, 2.24) is 0 Å². The number of carbonyl (C=O) groups is 1. The molecule has 17 heavy (non-hydrogen) atoms. The third-order valence-corrected chi connectivity index (χ3v) is 3.50. The summed E-state index contributed by atoms with van der Waals surface area (Å²) in [6, 6.07) is 4.17. The van der Waals surface area contributed by atoms with Crippen LogP contribution in [0.15, 0.2) is 23.1 Å². The molecule has 94 valence electrons. The van der Waals surface area contributed by atoms with E-state index >= 15 is 0 Å². The van der Waals surface area contributed by atoms with Crippen molar-refractivity contribution in [2.75, 3.05) is 13.4 Å². The molecule has 1 unspecified atom stereocenters. The van der Waals surface area contributed by atoms with Crippen molar-refractivity contribution >= 4 is 15.8 Å². The summed E-state index contributed by atoms with van der Waals surface area (Å²) in [6.45, 7) is 1.62. The molecule has 1 N–H and O–H groups in total. The Hall–Kier alpha value is -1.40. The van der Waals surface area contributed by atoms with Crippen LogP contribution in [0.3, 0.4) is 0 Å². The Kier molecular flexibility index (Phi) is 3.90. The van der Waals surface area contributed by atoms with Gasteiger partial charge in [0.25, 0.3) is 0 Å². The quantitative estimate of drug-likeness (QED) is 0.803. The summed E-state index contributed by atoms with van der Waals surface area (Å²) in [4.78, 5) is 11.3. The van der Waals surface area contributed by atoms with Crippen LogP contribution in [0, 0.1) is 6.92 Å². The summed E-state index contributed by atoms with van der Waals surface area (Å²) in [5.41, 5.74) is 0.857. The van der Waals surface area contributed by atoms with Gasteiger partial charge in [-0.3, -0.25) is 0 Å². The predicted octanol–water partition coefficient (Wildman–Crippen LogP) is 0.605. The van der Waals surface area contributed by atoms with E-state index in [1.807, 2.05) is 0 Å². The van der Waals surface area contributed by atoms with Crippen LogP contribution in [0.25, 0.3) is 0 Å². The van der Waals surface area contributed by atoms with Gasteiger partial charge < -0.3 is 9.84 Å². The van der Waals surface area contributed by atoms with Crippen molar-refractivity contribution in [2.45, 2.75) is 17.9 Å². The molecule has 0 aliphatic rings. The van der Waals surface area contributed by atoms with Gasteiger partial charge in [0.05, 0.1) is 12.0 Å². The maximum absolute atomic E-state index is 11.3. The molecule has 0 bridgehead atoms. The second-order valence-corrected chi connectivity index (χ2v) is 5.73. The van der Waals surface area contributed by atoms with E-state index < -0.39 is 21.9 Å². The molecule has 0 saturated carbocycles. The van der Waals surface area contributed by atoms with E-state index in [0.717, 1.165) is 6.26 Å². The summed E-state index contributed by atoms with van der Waals surface area (Å²) in [5, 5.41) is 9.64. The van der Waals surface area contributed by atoms with E-state index in [0.29, 0.717) is 11.1 Å². The van der Waals surface area contributed by atoms with Gasteiger partial charge in [-0.05, 0) is 30.2 Å². The second kappa shape index (κ2) is 4.85. The minimum Gasteiger partial charge on any atom is -0.467 e. The van der Waals surface area contributed by atoms with Gasteiger partial charge in [0.15, 0.2) is 15.9 Å². The zero-order chi connectivity index (χ0) is 13.2. The Morgan fingerprint density at radius 2 is 2.00 bits per heavy atom. The first-order chi connectivity index (χ1) is 7.77. The highest BCUT2D eigenvalue weighted by molar-refractivity contribution is 7.90. The number of sulfone groups is 1. The molecule has 0 spiro atoms. The Labute approximate surface area is 100.0 Å². The first kappa shape index (κ1) is 13.7. The standard InChI is InChI=1S/C11H14O5S/c1-7-6-8(17(3,14)15)4-5-9(7)10(12)11(13)16-2/h4-6,10,12H,1-3H3. The minimum atomic E-state index is -3.29. The van der Waals surface area contributed by atoms with Gasteiger partial charge in [-0.25, -0.2) is 13.2 Å². The Bertz CT molecular complexity index is 533. The molecule has 1 aromatic rings. The van der Waals surface area contributed by atoms with Crippen LogP contribution >= 0.6 is 0 Å². The van der Waals surface area contributed by atoms with Crippen LogP contribution < -0.4 is 0 Å². The van der Waals surface area contributed by atoms with Gasteiger partial charge >= 0.3 is 5.97 Å². The number of benzene rings is 1. The highest BCUT2D eigenvalue weighted by Gasteiger charge is 2.20. The summed E-state index contributed by atoms with van der Waals surface area (Å²) >= 11 is 0. The highest BCUT2D eigenvalue weighted by atomic mass is 32.2. The number of aryl methyl sites for hydroxylation is 1. The maximum atomic E-state index is 11.3. The number of aliphatic hydroxyl groups is 1. The van der Waals surface area contributed by atoms with Crippen LogP contribution in [0.4, 0.5) is 0 Å². The number of carbonyl (C=O) groups excluding carboxylic acids is 1. The third kappa shape index (κ3) is 3.04. The lowest BCUT2D eigenvalue weighted by molar-refractivity contribution is -0.150. The Morgan fingerprint density at radius 3 is 2.41 bits per heavy atom. The van der Waals surface area contributed by atoms with E-state index in [1.165, 1.54) is 25.3 Å². The number of hydrogen-bond donors (Lipinski definition) is 1. The molecule has 0 amide bonds. The number of methoxy groups -OCH3 is 1. The van der Waals surface area contributed by atoms with Crippen LogP contribution in [0.2, 0.25) is 0 Å². The number of esters is 1. The molecule has 1 aromatic carbocycles. The van der Waals surface area contributed by atoms with E-state index in [-0.39, 0.29) is 4.90 Å². The van der Waals surface area contributed by atoms with Crippen molar-refractivity contribution in [2.24, 2.45) is 0 Å². The van der Waals surface area contributed by atoms with E-state index in [4.69, 9.17) is 0 Å². The summed E-state index contributed by atoms with van der Waals surface area (Å²) in [7, 11) is -2.12. The van der Waals surface area contributed by atoms with Gasteiger partial charge in [0.2, 0.25) is 0 Å². The molecule has 0 aliphatic heterocycles. The SMILES string of the molecule is COC(=O)C(O)c1ccc(S(C)(=O)=O)cc1C. The van der Waals surface area contributed by atoms with Crippen LogP contribution in [0.5, 0.6) is 0 Å². The predicted molar refractivity (Wildman–Crippen MR) is 61.3 cm³/mol. The smallest absolute Gasteiger partial charge is 0.339 e. The van der Waals surface area contributed by atoms with Crippen LogP contribution in [-0.2, 0) is 19.4 Å². The average Bonchev–Trinajstić information content (AvgIpc) is 2.25. The number of aliphatic hydroxyl groups excluding tert-OH is 1. The first-order valence-electron chi connectivity index (χ1n) is 4.84. The fourth-order valence-electron chi connectivity index (χ4n) is 1.42. The number of ether oxygens (including phenoxy) is 1. The topological polar surface area (TPSA) is 80.7 Å². The summed E-state index contributed by atoms with van der Waals surface area (Å²) < 4.78 is 27.0. The van der Waals surface area contributed by atoms with Crippen molar-refractivity contribution < 1.29 is 23.1 Å². The molecule has 0 aliphatic carbocycles. The molecule has 0 saturated heterocycles. The maximum Gasteiger partial charge on any atom is 0.339 e. The van der Waals surface area contributed by atoms with Gasteiger partial charge in [-0.1, -0.05) is 6.07 Å². The zero-order valence-corrected chi connectivity index (χ0v) is 10.6. The fourth-order valence-corrected chi connectivity index (χ4v) is 2.13. The third-order valence-electron chi connectivity index (χ3n) is 2.39. The van der Waals surface area contributed by atoms with Gasteiger partial charge in [-0.2, -0.15) is 0 Å². The first-order valence-corrected chi connectivity index (χ1v) is 6.73. The number of rotatable bonds is 3. The summed E-state index contributed by atoms with van der Waals surface area (Å²) in [5.74, 6) is -0.778. The second-order valence-electron chi connectivity index (χ2n) is 3.72. The molecule has 0 aromatic heterocycles. The van der Waals surface area contributed by atoms with Gasteiger partial charge in [-0.15, -0.1) is 0 Å². The van der Waals surface area contributed by atoms with Gasteiger partial charge in [0.1, 0.15) is 0 Å². The summed E-state index contributed by atoms with van der Waals surface area (Å²) in [6.07, 6.45) is -0.299. The van der Waals surface area contributed by atoms with Crippen molar-refractivity contribution in [1.29, 1.82) is 0 Å². The van der Waals surface area contributed by atoms with E-state index in [1.54, 1.807) is 6.92 Å². The molecule has 5 nitrogen and oxygen atoms in total. The lowest BCUT2D eigenvalue weighted by Crippen LogP contribution is -2.15. The minimum absolute atomic E-state index is 0.149. The monoisotopic (exact) mass is 258 g/mol. The van der Waals surface area contributed by atoms with E-state index in [2.05, 4.69) is 4.74 Å². The highest BCUT2D eigenvalue weighted by Crippen LogP contribution is 2.22. The van der Waals surface area contributed by atoms with E-state index in [9.17, 15) is 18.3 Å². The van der Waals surface area contributed by atoms with Crippen molar-refractivity contribution in [3.05, 3.63) is 29.3 Å². The zero-order valence-electron chi connectivity index (χ0n) is 9.80. The Morgan fingerprint density at radius 1 is 1.41 bits per heavy atom. The van der Waals surface area contributed by atoms with Crippen LogP contribution in [-0.4, -0.2) is 32.9 Å². The lowest BCUT2D eigenvalue weighted by atomic mass is 10.0. The Balaban J connectivity index is 3.19. The molecule has 1 atom stereocenters. The molecular weight excluding hydrogens is 244 g/mol.